The second-order valence-electron chi connectivity index (χ2n) is 6.44. The third-order valence-electron chi connectivity index (χ3n) is 3.13. The fourth-order valence-electron chi connectivity index (χ4n) is 2.11. The van der Waals surface area contributed by atoms with Gasteiger partial charge in [0.05, 0.1) is 6.20 Å². The number of aryl methyl sites for hydroxylation is 1. The molecule has 0 saturated carbocycles. The number of nitrogens with zero attached hydrogens (tertiary/aromatic N) is 2. The van der Waals surface area contributed by atoms with E-state index in [4.69, 9.17) is 4.74 Å². The SMILES string of the molecule is CC(C)(C)OC(=O)NCCCn1cc(-c2cc(O)ccc2F)cn1. The third-order valence-corrected chi connectivity index (χ3v) is 3.13. The predicted octanol–water partition coefficient (Wildman–Crippen LogP) is 3.31. The highest BCUT2D eigenvalue weighted by Gasteiger charge is 2.15. The van der Waals surface area contributed by atoms with Gasteiger partial charge in [-0.15, -0.1) is 0 Å². The zero-order chi connectivity index (χ0) is 17.7. The number of aromatic hydroxyl groups is 1. The molecule has 1 heterocycles. The number of phenolic OH excluding ortho intramolecular Hbond substituents is 1. The summed E-state index contributed by atoms with van der Waals surface area (Å²) in [5.41, 5.74) is 0.364. The molecule has 6 nitrogen and oxygen atoms in total. The van der Waals surface area contributed by atoms with Crippen LogP contribution in [0.1, 0.15) is 27.2 Å². The van der Waals surface area contributed by atoms with E-state index in [0.29, 0.717) is 30.6 Å². The lowest BCUT2D eigenvalue weighted by molar-refractivity contribution is 0.0526. The first kappa shape index (κ1) is 17.8. The average Bonchev–Trinajstić information content (AvgIpc) is 2.93. The maximum absolute atomic E-state index is 13.8. The van der Waals surface area contributed by atoms with Gasteiger partial charge in [-0.2, -0.15) is 5.10 Å². The van der Waals surface area contributed by atoms with Gasteiger partial charge in [0.25, 0.3) is 0 Å². The minimum Gasteiger partial charge on any atom is -0.508 e. The van der Waals surface area contributed by atoms with Gasteiger partial charge in [-0.1, -0.05) is 0 Å². The van der Waals surface area contributed by atoms with Crippen molar-refractivity contribution in [2.45, 2.75) is 39.3 Å². The number of nitrogens with one attached hydrogen (secondary N) is 1. The largest absolute Gasteiger partial charge is 0.508 e. The van der Waals surface area contributed by atoms with E-state index in [2.05, 4.69) is 10.4 Å². The Bertz CT molecular complexity index is 707. The molecule has 0 radical (unpaired) electrons. The molecule has 0 fully saturated rings. The van der Waals surface area contributed by atoms with Crippen molar-refractivity contribution in [3.63, 3.8) is 0 Å². The Morgan fingerprint density at radius 2 is 2.17 bits per heavy atom. The van der Waals surface area contributed by atoms with Crippen LogP contribution in [0.25, 0.3) is 11.1 Å². The quantitative estimate of drug-likeness (QED) is 0.822. The number of carbonyl (C=O) groups excluding carboxylic acids is 1. The molecule has 0 aliphatic heterocycles. The van der Waals surface area contributed by atoms with Crippen LogP contribution in [-0.2, 0) is 11.3 Å². The summed E-state index contributed by atoms with van der Waals surface area (Å²) in [4.78, 5) is 11.5. The molecular weight excluding hydrogens is 313 g/mol. The van der Waals surface area contributed by atoms with Crippen molar-refractivity contribution in [1.82, 2.24) is 15.1 Å². The molecule has 0 spiro atoms. The predicted molar refractivity (Wildman–Crippen MR) is 88.1 cm³/mol. The maximum atomic E-state index is 13.8. The van der Waals surface area contributed by atoms with Crippen molar-refractivity contribution < 1.29 is 19.0 Å². The number of carbonyl (C=O) groups is 1. The summed E-state index contributed by atoms with van der Waals surface area (Å²) < 4.78 is 20.6. The van der Waals surface area contributed by atoms with Crippen LogP contribution in [0.4, 0.5) is 9.18 Å². The number of benzene rings is 1. The molecule has 0 unspecified atom stereocenters. The monoisotopic (exact) mass is 335 g/mol. The highest BCUT2D eigenvalue weighted by atomic mass is 19.1. The van der Waals surface area contributed by atoms with Crippen LogP contribution in [-0.4, -0.2) is 33.1 Å². The van der Waals surface area contributed by atoms with Crippen LogP contribution in [0.3, 0.4) is 0 Å². The van der Waals surface area contributed by atoms with E-state index < -0.39 is 17.5 Å². The molecule has 0 aliphatic carbocycles. The zero-order valence-corrected chi connectivity index (χ0v) is 14.0. The standard InChI is InChI=1S/C17H22FN3O3/c1-17(2,3)24-16(23)19-7-4-8-21-11-12(10-20-21)14-9-13(22)5-6-15(14)18/h5-6,9-11,22H,4,7-8H2,1-3H3,(H,19,23). The third kappa shape index (κ3) is 5.26. The Labute approximate surface area is 140 Å². The van der Waals surface area contributed by atoms with Gasteiger partial charge in [0.15, 0.2) is 0 Å². The first-order chi connectivity index (χ1) is 11.2. The van der Waals surface area contributed by atoms with Crippen LogP contribution in [0.5, 0.6) is 5.75 Å². The van der Waals surface area contributed by atoms with E-state index in [1.165, 1.54) is 18.2 Å². The fourth-order valence-corrected chi connectivity index (χ4v) is 2.11. The molecule has 7 heteroatoms. The molecule has 2 rings (SSSR count). The number of hydrogen-bond acceptors (Lipinski definition) is 4. The molecule has 1 aromatic carbocycles. The lowest BCUT2D eigenvalue weighted by Gasteiger charge is -2.19. The van der Waals surface area contributed by atoms with E-state index in [-0.39, 0.29) is 5.75 Å². The zero-order valence-electron chi connectivity index (χ0n) is 14.0. The fraction of sp³-hybridized carbons (Fsp3) is 0.412. The van der Waals surface area contributed by atoms with Crippen LogP contribution in [0, 0.1) is 5.82 Å². The molecule has 2 N–H and O–H groups in total. The van der Waals surface area contributed by atoms with Gasteiger partial charge in [0.2, 0.25) is 0 Å². The number of halogens is 1. The molecule has 0 aliphatic rings. The summed E-state index contributed by atoms with van der Waals surface area (Å²) in [7, 11) is 0. The highest BCUT2D eigenvalue weighted by molar-refractivity contribution is 5.67. The van der Waals surface area contributed by atoms with E-state index in [9.17, 15) is 14.3 Å². The normalized spacial score (nSPS) is 11.3. The van der Waals surface area contributed by atoms with Crippen molar-refractivity contribution in [3.8, 4) is 16.9 Å². The Hall–Kier alpha value is -2.57. The van der Waals surface area contributed by atoms with Crippen LogP contribution in [0.2, 0.25) is 0 Å². The number of alkyl carbamates (subject to hydrolysis) is 1. The summed E-state index contributed by atoms with van der Waals surface area (Å²) >= 11 is 0. The van der Waals surface area contributed by atoms with E-state index in [0.717, 1.165) is 0 Å². The molecular formula is C17H22FN3O3. The Morgan fingerprint density at radius 3 is 2.88 bits per heavy atom. The molecule has 24 heavy (non-hydrogen) atoms. The molecule has 0 bridgehead atoms. The molecule has 1 amide bonds. The second kappa shape index (κ2) is 7.33. The van der Waals surface area contributed by atoms with Gasteiger partial charge >= 0.3 is 6.09 Å². The van der Waals surface area contributed by atoms with Crippen LogP contribution >= 0.6 is 0 Å². The number of aromatic nitrogens is 2. The molecule has 0 atom stereocenters. The van der Waals surface area contributed by atoms with Crippen molar-refractivity contribution in [2.24, 2.45) is 0 Å². The van der Waals surface area contributed by atoms with Gasteiger partial charge in [-0.05, 0) is 45.4 Å². The Morgan fingerprint density at radius 1 is 1.42 bits per heavy atom. The maximum Gasteiger partial charge on any atom is 0.407 e. The average molecular weight is 335 g/mol. The summed E-state index contributed by atoms with van der Waals surface area (Å²) in [5, 5.41) is 16.3. The van der Waals surface area contributed by atoms with E-state index >= 15 is 0 Å². The molecule has 1 aromatic heterocycles. The first-order valence-corrected chi connectivity index (χ1v) is 7.73. The Kier molecular flexibility index (Phi) is 5.43. The minimum absolute atomic E-state index is 0.000658. The second-order valence-corrected chi connectivity index (χ2v) is 6.44. The van der Waals surface area contributed by atoms with Gasteiger partial charge in [0.1, 0.15) is 17.2 Å². The smallest absolute Gasteiger partial charge is 0.407 e. The first-order valence-electron chi connectivity index (χ1n) is 7.73. The summed E-state index contributed by atoms with van der Waals surface area (Å²) in [6.45, 7) is 6.43. The van der Waals surface area contributed by atoms with Crippen molar-refractivity contribution in [1.29, 1.82) is 0 Å². The van der Waals surface area contributed by atoms with Crippen molar-refractivity contribution in [3.05, 3.63) is 36.4 Å². The van der Waals surface area contributed by atoms with E-state index in [1.807, 2.05) is 0 Å². The Balaban J connectivity index is 1.84. The summed E-state index contributed by atoms with van der Waals surface area (Å²) in [6.07, 6.45) is 3.44. The molecule has 2 aromatic rings. The minimum atomic E-state index is -0.522. The highest BCUT2D eigenvalue weighted by Crippen LogP contribution is 2.26. The topological polar surface area (TPSA) is 76.4 Å². The molecule has 130 valence electrons. The van der Waals surface area contributed by atoms with Crippen LogP contribution < -0.4 is 5.32 Å². The number of ether oxygens (including phenoxy) is 1. The number of rotatable bonds is 5. The number of hydrogen-bond donors (Lipinski definition) is 2. The number of amides is 1. The van der Waals surface area contributed by atoms with Gasteiger partial charge in [-0.3, -0.25) is 4.68 Å². The lowest BCUT2D eigenvalue weighted by Crippen LogP contribution is -2.33. The number of phenols is 1. The van der Waals surface area contributed by atoms with Crippen molar-refractivity contribution >= 4 is 6.09 Å². The van der Waals surface area contributed by atoms with Gasteiger partial charge in [0, 0.05) is 30.4 Å². The van der Waals surface area contributed by atoms with Gasteiger partial charge in [-0.25, -0.2) is 9.18 Å². The summed E-state index contributed by atoms with van der Waals surface area (Å²) in [5.74, 6) is -0.417. The van der Waals surface area contributed by atoms with Crippen LogP contribution in [0.15, 0.2) is 30.6 Å². The van der Waals surface area contributed by atoms with E-state index in [1.54, 1.807) is 37.8 Å². The van der Waals surface area contributed by atoms with Crippen molar-refractivity contribution in [2.75, 3.05) is 6.54 Å². The molecule has 0 saturated heterocycles. The van der Waals surface area contributed by atoms with Gasteiger partial charge < -0.3 is 15.2 Å². The lowest BCUT2D eigenvalue weighted by atomic mass is 10.1. The summed E-state index contributed by atoms with van der Waals surface area (Å²) in [6, 6.07) is 3.87.